The molecule has 0 aromatic carbocycles. The number of H-pyrrole nitrogens is 1. The summed E-state index contributed by atoms with van der Waals surface area (Å²) in [5.41, 5.74) is 0.540. The quantitative estimate of drug-likeness (QED) is 0.589. The lowest BCUT2D eigenvalue weighted by Gasteiger charge is -2.29. The number of aromatic nitrogens is 3. The van der Waals surface area contributed by atoms with E-state index in [0.717, 1.165) is 13.0 Å². The second-order valence-corrected chi connectivity index (χ2v) is 7.03. The Morgan fingerprint density at radius 2 is 1.96 bits per heavy atom. The van der Waals surface area contributed by atoms with Crippen molar-refractivity contribution in [2.45, 2.75) is 26.3 Å². The average molecular weight is 350 g/mol. The Hall–Kier alpha value is -1.57. The van der Waals surface area contributed by atoms with Gasteiger partial charge in [0.2, 0.25) is 0 Å². The zero-order valence-corrected chi connectivity index (χ0v) is 15.1. The van der Waals surface area contributed by atoms with Gasteiger partial charge in [0.15, 0.2) is 4.77 Å². The van der Waals surface area contributed by atoms with Gasteiger partial charge < -0.3 is 14.8 Å². The molecule has 2 aromatic rings. The molecule has 0 bridgehead atoms. The van der Waals surface area contributed by atoms with Gasteiger partial charge in [-0.05, 0) is 30.8 Å². The van der Waals surface area contributed by atoms with E-state index in [-0.39, 0.29) is 5.56 Å². The van der Waals surface area contributed by atoms with Crippen LogP contribution in [0.5, 0.6) is 0 Å². The second kappa shape index (κ2) is 8.00. The van der Waals surface area contributed by atoms with E-state index < -0.39 is 0 Å². The van der Waals surface area contributed by atoms with Crippen molar-refractivity contribution in [1.29, 1.82) is 0 Å². The molecule has 1 aliphatic rings. The Balaban J connectivity index is 1.59. The van der Waals surface area contributed by atoms with Gasteiger partial charge in [0.25, 0.3) is 5.56 Å². The summed E-state index contributed by atoms with van der Waals surface area (Å²) in [4.78, 5) is 23.2. The standard InChI is InChI=1S/C17H25N5OS/c1-2-7-20-10-12-21(13-11-20)8-4-9-22-16(23)14-5-3-6-18-15(14)19-17(22)24/h3,5-6H,2,4,7-13H2,1H3,(H,18,19,24)/p+2. The molecule has 1 aliphatic heterocycles. The topological polar surface area (TPSA) is 59.6 Å². The van der Waals surface area contributed by atoms with Crippen LogP contribution in [0.15, 0.2) is 23.1 Å². The summed E-state index contributed by atoms with van der Waals surface area (Å²) >= 11 is 5.34. The highest BCUT2D eigenvalue weighted by atomic mass is 32.1. The third-order valence-electron chi connectivity index (χ3n) is 4.93. The Morgan fingerprint density at radius 3 is 2.67 bits per heavy atom. The number of hydrogen-bond acceptors (Lipinski definition) is 3. The Bertz CT molecular complexity index is 791. The van der Waals surface area contributed by atoms with Crippen LogP contribution in [0.25, 0.3) is 11.0 Å². The number of quaternary nitrogens is 2. The molecule has 1 saturated heterocycles. The highest BCUT2D eigenvalue weighted by Crippen LogP contribution is 2.02. The minimum atomic E-state index is -0.0333. The molecule has 3 rings (SSSR count). The maximum atomic E-state index is 12.6. The molecule has 0 atom stereocenters. The van der Waals surface area contributed by atoms with Crippen LogP contribution in [0.4, 0.5) is 0 Å². The third kappa shape index (κ3) is 3.91. The van der Waals surface area contributed by atoms with Gasteiger partial charge in [0, 0.05) is 19.2 Å². The molecular formula is C17H27N5OS+2. The maximum absolute atomic E-state index is 12.6. The van der Waals surface area contributed by atoms with Crippen LogP contribution in [0, 0.1) is 4.77 Å². The van der Waals surface area contributed by atoms with E-state index in [4.69, 9.17) is 12.2 Å². The van der Waals surface area contributed by atoms with Crippen molar-refractivity contribution in [3.63, 3.8) is 0 Å². The van der Waals surface area contributed by atoms with Crippen LogP contribution in [0.3, 0.4) is 0 Å². The van der Waals surface area contributed by atoms with Crippen molar-refractivity contribution in [2.75, 3.05) is 39.3 Å². The Labute approximate surface area is 147 Å². The molecule has 24 heavy (non-hydrogen) atoms. The monoisotopic (exact) mass is 349 g/mol. The fourth-order valence-electron chi connectivity index (χ4n) is 3.58. The molecule has 0 aliphatic carbocycles. The fourth-order valence-corrected chi connectivity index (χ4v) is 3.86. The van der Waals surface area contributed by atoms with Gasteiger partial charge in [0.05, 0.1) is 18.5 Å². The molecule has 3 N–H and O–H groups in total. The first-order chi connectivity index (χ1) is 11.7. The molecular weight excluding hydrogens is 322 g/mol. The average Bonchev–Trinajstić information content (AvgIpc) is 2.59. The van der Waals surface area contributed by atoms with Crippen molar-refractivity contribution in [2.24, 2.45) is 0 Å². The summed E-state index contributed by atoms with van der Waals surface area (Å²) < 4.78 is 2.15. The molecule has 0 amide bonds. The molecule has 2 aromatic heterocycles. The van der Waals surface area contributed by atoms with Crippen LogP contribution in [0.1, 0.15) is 19.8 Å². The molecule has 130 valence electrons. The molecule has 0 saturated carbocycles. The first-order valence-electron chi connectivity index (χ1n) is 8.94. The number of pyridine rings is 1. The second-order valence-electron chi connectivity index (χ2n) is 6.64. The van der Waals surface area contributed by atoms with Crippen molar-refractivity contribution in [3.8, 4) is 0 Å². The Morgan fingerprint density at radius 1 is 1.25 bits per heavy atom. The van der Waals surface area contributed by atoms with Crippen LogP contribution < -0.4 is 15.4 Å². The van der Waals surface area contributed by atoms with E-state index in [1.165, 1.54) is 39.1 Å². The number of aromatic amines is 1. The molecule has 3 heterocycles. The first-order valence-corrected chi connectivity index (χ1v) is 9.35. The van der Waals surface area contributed by atoms with Crippen molar-refractivity contribution >= 4 is 23.3 Å². The normalized spacial score (nSPS) is 21.2. The zero-order valence-electron chi connectivity index (χ0n) is 14.3. The largest absolute Gasteiger partial charge is 0.326 e. The van der Waals surface area contributed by atoms with Crippen molar-refractivity contribution < 1.29 is 9.80 Å². The predicted molar refractivity (Wildman–Crippen MR) is 97.2 cm³/mol. The number of nitrogens with one attached hydrogen (secondary N) is 3. The highest BCUT2D eigenvalue weighted by molar-refractivity contribution is 7.71. The van der Waals surface area contributed by atoms with Crippen LogP contribution in [-0.4, -0.2) is 53.8 Å². The van der Waals surface area contributed by atoms with Gasteiger partial charge in [-0.2, -0.15) is 0 Å². The van der Waals surface area contributed by atoms with E-state index in [2.05, 4.69) is 16.9 Å². The van der Waals surface area contributed by atoms with E-state index in [1.54, 1.807) is 32.7 Å². The van der Waals surface area contributed by atoms with Crippen molar-refractivity contribution in [1.82, 2.24) is 14.5 Å². The summed E-state index contributed by atoms with van der Waals surface area (Å²) in [5, 5.41) is 0.607. The van der Waals surface area contributed by atoms with Crippen LogP contribution in [0.2, 0.25) is 0 Å². The van der Waals surface area contributed by atoms with Gasteiger partial charge in [0.1, 0.15) is 31.8 Å². The minimum Gasteiger partial charge on any atom is -0.326 e. The number of piperazine rings is 1. The van der Waals surface area contributed by atoms with E-state index in [9.17, 15) is 4.79 Å². The number of fused-ring (bicyclic) bond motifs is 1. The third-order valence-corrected chi connectivity index (χ3v) is 5.26. The van der Waals surface area contributed by atoms with Gasteiger partial charge >= 0.3 is 0 Å². The van der Waals surface area contributed by atoms with Crippen LogP contribution in [-0.2, 0) is 6.54 Å². The van der Waals surface area contributed by atoms with Gasteiger partial charge in [-0.1, -0.05) is 6.92 Å². The predicted octanol–water partition coefficient (Wildman–Crippen LogP) is -0.962. The SMILES string of the molecule is CCC[NH+]1CC[NH+](CCCn2c(=S)[nH]c3ncccc3c2=O)CC1. The van der Waals surface area contributed by atoms with E-state index >= 15 is 0 Å². The van der Waals surface area contributed by atoms with Gasteiger partial charge in [-0.25, -0.2) is 4.98 Å². The fraction of sp³-hybridized carbons (Fsp3) is 0.588. The lowest BCUT2D eigenvalue weighted by molar-refractivity contribution is -1.01. The first kappa shape index (κ1) is 17.3. The maximum Gasteiger partial charge on any atom is 0.263 e. The molecule has 0 spiro atoms. The zero-order chi connectivity index (χ0) is 16.9. The summed E-state index contributed by atoms with van der Waals surface area (Å²) in [6, 6.07) is 3.58. The smallest absolute Gasteiger partial charge is 0.263 e. The van der Waals surface area contributed by atoms with E-state index in [0.29, 0.717) is 22.3 Å². The van der Waals surface area contributed by atoms with E-state index in [1.807, 2.05) is 0 Å². The molecule has 7 heteroatoms. The summed E-state index contributed by atoms with van der Waals surface area (Å²) in [5.74, 6) is 0. The van der Waals surface area contributed by atoms with Gasteiger partial charge in [-0.3, -0.25) is 9.36 Å². The number of rotatable bonds is 6. The Kier molecular flexibility index (Phi) is 5.76. The lowest BCUT2D eigenvalue weighted by Crippen LogP contribution is -3.28. The molecule has 0 unspecified atom stereocenters. The number of hydrogen-bond donors (Lipinski definition) is 3. The molecule has 6 nitrogen and oxygen atoms in total. The van der Waals surface area contributed by atoms with Crippen LogP contribution >= 0.6 is 12.2 Å². The number of nitrogens with zero attached hydrogens (tertiary/aromatic N) is 2. The minimum absolute atomic E-state index is 0.0333. The summed E-state index contributed by atoms with van der Waals surface area (Å²) in [7, 11) is 0. The van der Waals surface area contributed by atoms with Crippen molar-refractivity contribution in [3.05, 3.63) is 33.5 Å². The highest BCUT2D eigenvalue weighted by Gasteiger charge is 2.21. The summed E-state index contributed by atoms with van der Waals surface area (Å²) in [6.45, 7) is 10.3. The van der Waals surface area contributed by atoms with Gasteiger partial charge in [-0.15, -0.1) is 0 Å². The lowest BCUT2D eigenvalue weighted by atomic mass is 10.2. The summed E-state index contributed by atoms with van der Waals surface area (Å²) in [6.07, 6.45) is 3.91. The molecule has 0 radical (unpaired) electrons. The molecule has 1 fully saturated rings.